The Hall–Kier alpha value is -1.88. The number of aryl methyl sites for hydroxylation is 1. The van der Waals surface area contributed by atoms with E-state index in [2.05, 4.69) is 36.1 Å². The van der Waals surface area contributed by atoms with Crippen LogP contribution in [0.4, 0.5) is 0 Å². The Labute approximate surface area is 191 Å². The highest BCUT2D eigenvalue weighted by molar-refractivity contribution is 5.85. The predicted molar refractivity (Wildman–Crippen MR) is 122 cm³/mol. The van der Waals surface area contributed by atoms with E-state index in [0.29, 0.717) is 50.5 Å². The SMILES string of the molecule is Cc1ccc(C23CC4CC(CC(C(=O)N5CCN(C(=O)C6CCCO6)CC5)(C4)C2)C3)cc1. The summed E-state index contributed by atoms with van der Waals surface area (Å²) in [6, 6.07) is 9.14. The van der Waals surface area contributed by atoms with Crippen molar-refractivity contribution in [2.45, 2.75) is 69.8 Å². The quantitative estimate of drug-likeness (QED) is 0.726. The van der Waals surface area contributed by atoms with Crippen molar-refractivity contribution in [3.8, 4) is 0 Å². The molecule has 6 aliphatic rings. The third kappa shape index (κ3) is 3.30. The number of amides is 2. The van der Waals surface area contributed by atoms with Crippen molar-refractivity contribution in [1.29, 1.82) is 0 Å². The Morgan fingerprint density at radius 1 is 0.938 bits per heavy atom. The number of ether oxygens (including phenoxy) is 1. The molecule has 4 aliphatic carbocycles. The van der Waals surface area contributed by atoms with Crippen LogP contribution in [0.3, 0.4) is 0 Å². The van der Waals surface area contributed by atoms with Crippen LogP contribution in [-0.2, 0) is 19.7 Å². The van der Waals surface area contributed by atoms with Gasteiger partial charge < -0.3 is 14.5 Å². The van der Waals surface area contributed by atoms with Gasteiger partial charge in [-0.05, 0) is 81.1 Å². The summed E-state index contributed by atoms with van der Waals surface area (Å²) < 4.78 is 5.60. The van der Waals surface area contributed by atoms with E-state index in [0.717, 1.165) is 32.1 Å². The van der Waals surface area contributed by atoms with Crippen LogP contribution in [0.2, 0.25) is 0 Å². The topological polar surface area (TPSA) is 49.9 Å². The minimum Gasteiger partial charge on any atom is -0.368 e. The Morgan fingerprint density at radius 2 is 1.59 bits per heavy atom. The first-order valence-corrected chi connectivity index (χ1v) is 12.7. The number of benzene rings is 1. The molecule has 3 unspecified atom stereocenters. The van der Waals surface area contributed by atoms with Gasteiger partial charge in [-0.25, -0.2) is 0 Å². The number of nitrogens with zero attached hydrogens (tertiary/aromatic N) is 2. The average Bonchev–Trinajstić information content (AvgIpc) is 3.33. The number of hydrogen-bond donors (Lipinski definition) is 0. The first-order valence-electron chi connectivity index (χ1n) is 12.7. The Morgan fingerprint density at radius 3 is 2.22 bits per heavy atom. The van der Waals surface area contributed by atoms with E-state index in [-0.39, 0.29) is 22.8 Å². The lowest BCUT2D eigenvalue weighted by atomic mass is 9.42. The normalized spacial score (nSPS) is 38.3. The molecule has 0 aromatic heterocycles. The van der Waals surface area contributed by atoms with Crippen molar-refractivity contribution < 1.29 is 14.3 Å². The molecule has 5 nitrogen and oxygen atoms in total. The minimum absolute atomic E-state index is 0.128. The van der Waals surface area contributed by atoms with Crippen molar-refractivity contribution in [3.05, 3.63) is 35.4 Å². The maximum atomic E-state index is 14.0. The van der Waals surface area contributed by atoms with Crippen molar-refractivity contribution in [1.82, 2.24) is 9.80 Å². The number of piperazine rings is 1. The standard InChI is InChI=1S/C27H36N2O3/c1-19-4-6-22(7-5-19)26-14-20-13-21(15-26)17-27(16-20,18-26)25(31)29-10-8-28(9-11-29)24(30)23-3-2-12-32-23/h4-7,20-21,23H,2-3,8-18H2,1H3. The molecule has 2 heterocycles. The largest absolute Gasteiger partial charge is 0.368 e. The van der Waals surface area contributed by atoms with Crippen LogP contribution in [-0.4, -0.2) is 60.5 Å². The predicted octanol–water partition coefficient (Wildman–Crippen LogP) is 3.68. The van der Waals surface area contributed by atoms with E-state index in [9.17, 15) is 9.59 Å². The maximum absolute atomic E-state index is 14.0. The summed E-state index contributed by atoms with van der Waals surface area (Å²) in [6.07, 6.45) is 8.55. The summed E-state index contributed by atoms with van der Waals surface area (Å²) >= 11 is 0. The van der Waals surface area contributed by atoms with Crippen LogP contribution in [0.5, 0.6) is 0 Å². The van der Waals surface area contributed by atoms with Crippen molar-refractivity contribution in [2.24, 2.45) is 17.3 Å². The molecule has 0 radical (unpaired) electrons. The molecule has 6 fully saturated rings. The molecule has 32 heavy (non-hydrogen) atoms. The Kier molecular flexibility index (Phi) is 4.90. The molecule has 0 N–H and O–H groups in total. The maximum Gasteiger partial charge on any atom is 0.251 e. The zero-order chi connectivity index (χ0) is 21.9. The van der Waals surface area contributed by atoms with Gasteiger partial charge in [-0.1, -0.05) is 29.8 Å². The van der Waals surface area contributed by atoms with Crippen LogP contribution < -0.4 is 0 Å². The fourth-order valence-corrected chi connectivity index (χ4v) is 8.20. The van der Waals surface area contributed by atoms with Crippen molar-refractivity contribution >= 4 is 11.8 Å². The first kappa shape index (κ1) is 20.7. The van der Waals surface area contributed by atoms with Crippen LogP contribution >= 0.6 is 0 Å². The monoisotopic (exact) mass is 436 g/mol. The van der Waals surface area contributed by atoms with Gasteiger partial charge in [0.1, 0.15) is 6.10 Å². The molecule has 4 saturated carbocycles. The van der Waals surface area contributed by atoms with E-state index in [4.69, 9.17) is 4.74 Å². The highest BCUT2D eigenvalue weighted by Crippen LogP contribution is 2.66. The molecule has 7 rings (SSSR count). The minimum atomic E-state index is -0.255. The third-order valence-electron chi connectivity index (χ3n) is 9.26. The van der Waals surface area contributed by atoms with Gasteiger partial charge in [0.2, 0.25) is 5.91 Å². The van der Waals surface area contributed by atoms with E-state index in [1.54, 1.807) is 0 Å². The lowest BCUT2D eigenvalue weighted by molar-refractivity contribution is -0.163. The van der Waals surface area contributed by atoms with Gasteiger partial charge in [-0.15, -0.1) is 0 Å². The van der Waals surface area contributed by atoms with Crippen molar-refractivity contribution in [3.63, 3.8) is 0 Å². The summed E-state index contributed by atoms with van der Waals surface area (Å²) in [5.74, 6) is 1.88. The molecule has 172 valence electrons. The number of hydrogen-bond acceptors (Lipinski definition) is 3. The molecule has 2 saturated heterocycles. The molecule has 5 heteroatoms. The molecule has 2 aliphatic heterocycles. The Balaban J connectivity index is 1.19. The number of carbonyl (C=O) groups is 2. The van der Waals surface area contributed by atoms with E-state index in [1.807, 2.05) is 4.90 Å². The zero-order valence-electron chi connectivity index (χ0n) is 19.4. The molecule has 1 aromatic rings. The van der Waals surface area contributed by atoms with Crippen LogP contribution in [0.1, 0.15) is 62.5 Å². The fourth-order valence-electron chi connectivity index (χ4n) is 8.20. The summed E-state index contributed by atoms with van der Waals surface area (Å²) in [5.41, 5.74) is 2.77. The van der Waals surface area contributed by atoms with Gasteiger partial charge in [-0.3, -0.25) is 9.59 Å². The smallest absolute Gasteiger partial charge is 0.251 e. The van der Waals surface area contributed by atoms with Gasteiger partial charge >= 0.3 is 0 Å². The molecule has 4 bridgehead atoms. The zero-order valence-corrected chi connectivity index (χ0v) is 19.4. The molecule has 3 atom stereocenters. The fraction of sp³-hybridized carbons (Fsp3) is 0.704. The second kappa shape index (κ2) is 7.58. The second-order valence-electron chi connectivity index (χ2n) is 11.5. The van der Waals surface area contributed by atoms with Crippen molar-refractivity contribution in [2.75, 3.05) is 32.8 Å². The van der Waals surface area contributed by atoms with Crippen LogP contribution in [0.15, 0.2) is 24.3 Å². The molecule has 0 spiro atoms. The van der Waals surface area contributed by atoms with E-state index in [1.165, 1.54) is 30.4 Å². The highest BCUT2D eigenvalue weighted by atomic mass is 16.5. The molecular formula is C27H36N2O3. The molecule has 1 aromatic carbocycles. The van der Waals surface area contributed by atoms with E-state index >= 15 is 0 Å². The number of rotatable bonds is 3. The lowest BCUT2D eigenvalue weighted by Crippen LogP contribution is -2.62. The van der Waals surface area contributed by atoms with Gasteiger partial charge in [0.25, 0.3) is 5.91 Å². The number of carbonyl (C=O) groups excluding carboxylic acids is 2. The summed E-state index contributed by atoms with van der Waals surface area (Å²) in [7, 11) is 0. The Bertz CT molecular complexity index is 882. The summed E-state index contributed by atoms with van der Waals surface area (Å²) in [6.45, 7) is 5.49. The lowest BCUT2D eigenvalue weighted by Gasteiger charge is -2.62. The first-order chi connectivity index (χ1) is 15.5. The van der Waals surface area contributed by atoms with Gasteiger partial charge in [0.15, 0.2) is 0 Å². The summed E-state index contributed by atoms with van der Waals surface area (Å²) in [4.78, 5) is 30.7. The molecular weight excluding hydrogens is 400 g/mol. The van der Waals surface area contributed by atoms with Gasteiger partial charge in [0, 0.05) is 32.8 Å². The van der Waals surface area contributed by atoms with Gasteiger partial charge in [-0.2, -0.15) is 0 Å². The second-order valence-corrected chi connectivity index (χ2v) is 11.5. The van der Waals surface area contributed by atoms with Crippen LogP contribution in [0, 0.1) is 24.2 Å². The highest BCUT2D eigenvalue weighted by Gasteiger charge is 2.61. The summed E-state index contributed by atoms with van der Waals surface area (Å²) in [5, 5.41) is 0. The van der Waals surface area contributed by atoms with Gasteiger partial charge in [0.05, 0.1) is 5.41 Å². The average molecular weight is 437 g/mol. The molecule has 2 amide bonds. The third-order valence-corrected chi connectivity index (χ3v) is 9.26. The van der Waals surface area contributed by atoms with E-state index < -0.39 is 0 Å². The van der Waals surface area contributed by atoms with Crippen LogP contribution in [0.25, 0.3) is 0 Å².